The Morgan fingerprint density at radius 2 is 1.86 bits per heavy atom. The Bertz CT molecular complexity index is 1130. The van der Waals surface area contributed by atoms with Gasteiger partial charge < -0.3 is 15.4 Å². The van der Waals surface area contributed by atoms with E-state index in [1.54, 1.807) is 0 Å². The standard InChI is InChI=1S/C24H24ClF4N3O3/c1-14-12-22(32-21(34)19-10-15(4-9-30-19)24(27,28)29)5-7-23(14,8-6-22)31-20(33)13-35-16-2-3-17(25)18(26)11-16/h2-4,9-11,14H,5-8,12-13H2,1H3,(H,31,33)(H,32,34). The lowest BCUT2D eigenvalue weighted by molar-refractivity contribution is -0.137. The highest BCUT2D eigenvalue weighted by Gasteiger charge is 2.54. The lowest BCUT2D eigenvalue weighted by Crippen LogP contribution is -2.67. The molecule has 3 fully saturated rings. The second-order valence-electron chi connectivity index (χ2n) is 9.34. The summed E-state index contributed by atoms with van der Waals surface area (Å²) in [6, 6.07) is 5.49. The summed E-state index contributed by atoms with van der Waals surface area (Å²) >= 11 is 5.65. The first kappa shape index (κ1) is 25.2. The predicted octanol–water partition coefficient (Wildman–Crippen LogP) is 4.91. The number of hydrogen-bond acceptors (Lipinski definition) is 4. The molecule has 2 N–H and O–H groups in total. The Kier molecular flexibility index (Phi) is 6.70. The van der Waals surface area contributed by atoms with Crippen LogP contribution in [-0.4, -0.2) is 34.5 Å². The zero-order valence-corrected chi connectivity index (χ0v) is 19.6. The van der Waals surface area contributed by atoms with E-state index in [0.29, 0.717) is 32.1 Å². The summed E-state index contributed by atoms with van der Waals surface area (Å²) in [7, 11) is 0. The van der Waals surface area contributed by atoms with E-state index in [0.717, 1.165) is 24.4 Å². The number of pyridine rings is 1. The fourth-order valence-electron chi connectivity index (χ4n) is 5.14. The minimum atomic E-state index is -4.57. The van der Waals surface area contributed by atoms with Gasteiger partial charge in [0.25, 0.3) is 11.8 Å². The van der Waals surface area contributed by atoms with Crippen LogP contribution in [0.25, 0.3) is 0 Å². The molecular formula is C24H24ClF4N3O3. The number of carbonyl (C=O) groups is 2. The van der Waals surface area contributed by atoms with Crippen molar-refractivity contribution >= 4 is 23.4 Å². The topological polar surface area (TPSA) is 80.3 Å². The van der Waals surface area contributed by atoms with Crippen LogP contribution in [0, 0.1) is 11.7 Å². The highest BCUT2D eigenvalue weighted by Crippen LogP contribution is 2.50. The molecule has 1 unspecified atom stereocenters. The molecule has 1 heterocycles. The van der Waals surface area contributed by atoms with Crippen molar-refractivity contribution in [3.8, 4) is 5.75 Å². The third kappa shape index (κ3) is 5.37. The monoisotopic (exact) mass is 513 g/mol. The minimum Gasteiger partial charge on any atom is -0.484 e. The van der Waals surface area contributed by atoms with Gasteiger partial charge in [-0.25, -0.2) is 4.39 Å². The Hall–Kier alpha value is -2.88. The van der Waals surface area contributed by atoms with Crippen LogP contribution in [0.4, 0.5) is 17.6 Å². The summed E-state index contributed by atoms with van der Waals surface area (Å²) in [4.78, 5) is 29.1. The van der Waals surface area contributed by atoms with Crippen LogP contribution in [0.2, 0.25) is 5.02 Å². The van der Waals surface area contributed by atoms with E-state index in [9.17, 15) is 27.2 Å². The molecule has 0 saturated heterocycles. The summed E-state index contributed by atoms with van der Waals surface area (Å²) in [5, 5.41) is 5.94. The van der Waals surface area contributed by atoms with Crippen LogP contribution in [0.15, 0.2) is 36.5 Å². The molecule has 2 amide bonds. The molecule has 1 aromatic carbocycles. The Balaban J connectivity index is 1.36. The fourth-order valence-corrected chi connectivity index (χ4v) is 5.26. The summed E-state index contributed by atoms with van der Waals surface area (Å²) in [5.74, 6) is -1.46. The number of alkyl halides is 3. The molecular weight excluding hydrogens is 490 g/mol. The SMILES string of the molecule is CC1CC2(NC(=O)c3cc(C(F)(F)F)ccn3)CCC1(NC(=O)COc1ccc(Cl)c(F)c1)CC2. The van der Waals surface area contributed by atoms with E-state index >= 15 is 0 Å². The normalized spacial score (nSPS) is 25.7. The number of nitrogens with zero attached hydrogens (tertiary/aromatic N) is 1. The van der Waals surface area contributed by atoms with Crippen LogP contribution in [0.1, 0.15) is 55.1 Å². The van der Waals surface area contributed by atoms with Crippen molar-refractivity contribution in [2.75, 3.05) is 6.61 Å². The molecule has 35 heavy (non-hydrogen) atoms. The third-order valence-electron chi connectivity index (χ3n) is 7.09. The molecule has 11 heteroatoms. The number of hydrogen-bond donors (Lipinski definition) is 2. The van der Waals surface area contributed by atoms with Crippen molar-refractivity contribution in [1.29, 1.82) is 0 Å². The number of fused-ring (bicyclic) bond motifs is 3. The second kappa shape index (κ2) is 9.29. The molecule has 2 bridgehead atoms. The van der Waals surface area contributed by atoms with Gasteiger partial charge in [-0.3, -0.25) is 14.6 Å². The molecule has 5 rings (SSSR count). The van der Waals surface area contributed by atoms with E-state index in [2.05, 4.69) is 15.6 Å². The average Bonchev–Trinajstić information content (AvgIpc) is 2.80. The Morgan fingerprint density at radius 1 is 1.14 bits per heavy atom. The molecule has 3 saturated carbocycles. The molecule has 3 aliphatic carbocycles. The maximum Gasteiger partial charge on any atom is 0.416 e. The Morgan fingerprint density at radius 3 is 2.49 bits per heavy atom. The van der Waals surface area contributed by atoms with Gasteiger partial charge >= 0.3 is 6.18 Å². The molecule has 6 nitrogen and oxygen atoms in total. The first-order chi connectivity index (χ1) is 16.4. The highest BCUT2D eigenvalue weighted by atomic mass is 35.5. The lowest BCUT2D eigenvalue weighted by Gasteiger charge is -2.57. The summed E-state index contributed by atoms with van der Waals surface area (Å²) in [6.45, 7) is 1.68. The number of halogens is 5. The zero-order chi connectivity index (χ0) is 25.4. The zero-order valence-electron chi connectivity index (χ0n) is 18.8. The van der Waals surface area contributed by atoms with Crippen molar-refractivity contribution in [1.82, 2.24) is 15.6 Å². The van der Waals surface area contributed by atoms with Crippen LogP contribution in [0.5, 0.6) is 5.75 Å². The van der Waals surface area contributed by atoms with Crippen LogP contribution < -0.4 is 15.4 Å². The van der Waals surface area contributed by atoms with Gasteiger partial charge in [-0.2, -0.15) is 13.2 Å². The number of nitrogens with one attached hydrogen (secondary N) is 2. The summed E-state index contributed by atoms with van der Waals surface area (Å²) in [5.41, 5.74) is -2.27. The molecule has 0 aliphatic heterocycles. The summed E-state index contributed by atoms with van der Waals surface area (Å²) < 4.78 is 57.9. The van der Waals surface area contributed by atoms with Gasteiger partial charge in [0.2, 0.25) is 0 Å². The van der Waals surface area contributed by atoms with Gasteiger partial charge in [0.1, 0.15) is 17.3 Å². The van der Waals surface area contributed by atoms with E-state index < -0.39 is 34.5 Å². The van der Waals surface area contributed by atoms with Gasteiger partial charge in [0.15, 0.2) is 6.61 Å². The predicted molar refractivity (Wildman–Crippen MR) is 119 cm³/mol. The lowest BCUT2D eigenvalue weighted by atomic mass is 9.56. The van der Waals surface area contributed by atoms with Crippen LogP contribution in [-0.2, 0) is 11.0 Å². The molecule has 0 radical (unpaired) electrons. The maximum absolute atomic E-state index is 13.6. The average molecular weight is 514 g/mol. The van der Waals surface area contributed by atoms with Gasteiger partial charge in [-0.15, -0.1) is 0 Å². The van der Waals surface area contributed by atoms with Gasteiger partial charge in [0, 0.05) is 23.3 Å². The number of benzene rings is 1. The Labute approximate surface area is 204 Å². The fraction of sp³-hybridized carbons (Fsp3) is 0.458. The van der Waals surface area contributed by atoms with Crippen LogP contribution in [0.3, 0.4) is 0 Å². The first-order valence-electron chi connectivity index (χ1n) is 11.2. The molecule has 188 valence electrons. The number of aromatic nitrogens is 1. The first-order valence-corrected chi connectivity index (χ1v) is 11.5. The number of ether oxygens (including phenoxy) is 1. The molecule has 2 aromatic rings. The smallest absolute Gasteiger partial charge is 0.416 e. The quantitative estimate of drug-likeness (QED) is 0.538. The third-order valence-corrected chi connectivity index (χ3v) is 7.39. The van der Waals surface area contributed by atoms with Crippen LogP contribution >= 0.6 is 11.6 Å². The maximum atomic E-state index is 13.6. The van der Waals surface area contributed by atoms with Crippen molar-refractivity contribution in [3.05, 3.63) is 58.6 Å². The summed E-state index contributed by atoms with van der Waals surface area (Å²) in [6.07, 6.45) is -0.736. The van der Waals surface area contributed by atoms with Crippen molar-refractivity contribution in [2.45, 2.75) is 56.3 Å². The van der Waals surface area contributed by atoms with E-state index in [4.69, 9.17) is 16.3 Å². The largest absolute Gasteiger partial charge is 0.484 e. The van der Waals surface area contributed by atoms with Gasteiger partial charge in [-0.1, -0.05) is 18.5 Å². The van der Waals surface area contributed by atoms with Crippen molar-refractivity contribution in [2.24, 2.45) is 5.92 Å². The van der Waals surface area contributed by atoms with E-state index in [1.165, 1.54) is 12.1 Å². The molecule has 1 atom stereocenters. The number of amides is 2. The van der Waals surface area contributed by atoms with Crippen molar-refractivity contribution in [3.63, 3.8) is 0 Å². The number of carbonyl (C=O) groups excluding carboxylic acids is 2. The van der Waals surface area contributed by atoms with Crippen molar-refractivity contribution < 1.29 is 31.9 Å². The molecule has 0 spiro atoms. The van der Waals surface area contributed by atoms with E-state index in [-0.39, 0.29) is 34.9 Å². The minimum absolute atomic E-state index is 0.00306. The molecule has 1 aromatic heterocycles. The van der Waals surface area contributed by atoms with Gasteiger partial charge in [0.05, 0.1) is 10.6 Å². The second-order valence-corrected chi connectivity index (χ2v) is 9.74. The van der Waals surface area contributed by atoms with E-state index in [1.807, 2.05) is 6.92 Å². The molecule has 3 aliphatic rings. The van der Waals surface area contributed by atoms with Gasteiger partial charge in [-0.05, 0) is 62.3 Å². The highest BCUT2D eigenvalue weighted by molar-refractivity contribution is 6.30. The number of rotatable bonds is 6.